The Kier molecular flexibility index (Phi) is 6.75. The molecule has 0 N–H and O–H groups in total. The van der Waals surface area contributed by atoms with Crippen LogP contribution in [0.2, 0.25) is 16.6 Å². The second kappa shape index (κ2) is 8.20. The topological polar surface area (TPSA) is 26.3 Å². The molecule has 0 heterocycles. The van der Waals surface area contributed by atoms with E-state index in [0.29, 0.717) is 28.3 Å². The van der Waals surface area contributed by atoms with Crippen molar-refractivity contribution in [1.29, 1.82) is 0 Å². The number of hydrogen-bond acceptors (Lipinski definition) is 2. The third-order valence-corrected chi connectivity index (χ3v) is 12.5. The molecule has 0 aliphatic heterocycles. The van der Waals surface area contributed by atoms with Gasteiger partial charge in [0.2, 0.25) is 0 Å². The van der Waals surface area contributed by atoms with Crippen LogP contribution in [-0.2, 0) is 9.22 Å². The Balaban J connectivity index is 2.21. The van der Waals surface area contributed by atoms with Crippen LogP contribution in [0.1, 0.15) is 86.5 Å². The van der Waals surface area contributed by atoms with Crippen molar-refractivity contribution in [3.05, 3.63) is 11.8 Å². The third-order valence-electron chi connectivity index (χ3n) is 6.49. The Bertz CT molecular complexity index is 443. The summed E-state index contributed by atoms with van der Waals surface area (Å²) in [7, 11) is -1.86. The molecule has 0 bridgehead atoms. The SMILES string of the molecule is CC(C)[Si](OC1=C[C@@H](C2CCCCC2=O)CCC1)(C(C)C)C(C)C. The maximum absolute atomic E-state index is 12.3. The van der Waals surface area contributed by atoms with Gasteiger partial charge in [0.25, 0.3) is 8.32 Å². The number of rotatable bonds is 6. The zero-order chi connectivity index (χ0) is 17.9. The molecule has 0 aromatic carbocycles. The maximum atomic E-state index is 12.3. The highest BCUT2D eigenvalue weighted by Gasteiger charge is 2.47. The highest BCUT2D eigenvalue weighted by molar-refractivity contribution is 6.77. The summed E-state index contributed by atoms with van der Waals surface area (Å²) in [5, 5.41) is 0. The number of carbonyl (C=O) groups excluding carboxylic acids is 1. The average molecular weight is 351 g/mol. The number of ketones is 1. The number of carbonyl (C=O) groups is 1. The molecule has 3 heteroatoms. The zero-order valence-corrected chi connectivity index (χ0v) is 17.7. The molecule has 0 aromatic rings. The molecule has 2 nitrogen and oxygen atoms in total. The summed E-state index contributed by atoms with van der Waals surface area (Å²) in [6, 6.07) is 0. The van der Waals surface area contributed by atoms with Crippen molar-refractivity contribution in [3.63, 3.8) is 0 Å². The molecule has 2 rings (SSSR count). The first-order valence-corrected chi connectivity index (χ1v) is 12.4. The second-order valence-corrected chi connectivity index (χ2v) is 14.3. The molecule has 0 spiro atoms. The van der Waals surface area contributed by atoms with E-state index >= 15 is 0 Å². The summed E-state index contributed by atoms with van der Waals surface area (Å²) >= 11 is 0. The van der Waals surface area contributed by atoms with Gasteiger partial charge in [0.05, 0.1) is 5.76 Å². The van der Waals surface area contributed by atoms with Crippen LogP contribution in [0.5, 0.6) is 0 Å². The number of allylic oxidation sites excluding steroid dienone is 2. The summed E-state index contributed by atoms with van der Waals surface area (Å²) in [6.07, 6.45) is 9.99. The molecule has 2 atom stereocenters. The molecule has 1 fully saturated rings. The maximum Gasteiger partial charge on any atom is 0.258 e. The normalized spacial score (nSPS) is 26.2. The summed E-state index contributed by atoms with van der Waals surface area (Å²) < 4.78 is 6.91. The van der Waals surface area contributed by atoms with Crippen LogP contribution in [0, 0.1) is 11.8 Å². The highest BCUT2D eigenvalue weighted by atomic mass is 28.4. The third kappa shape index (κ3) is 3.97. The zero-order valence-electron chi connectivity index (χ0n) is 16.7. The molecule has 24 heavy (non-hydrogen) atoms. The van der Waals surface area contributed by atoms with Crippen molar-refractivity contribution in [2.75, 3.05) is 0 Å². The lowest BCUT2D eigenvalue weighted by Gasteiger charge is -2.44. The molecular formula is C21H38O2Si. The predicted octanol–water partition coefficient (Wildman–Crippen LogP) is 6.62. The number of hydrogen-bond donors (Lipinski definition) is 0. The minimum Gasteiger partial charge on any atom is -0.546 e. The Hall–Kier alpha value is -0.573. The van der Waals surface area contributed by atoms with Crippen molar-refractivity contribution in [2.24, 2.45) is 11.8 Å². The lowest BCUT2D eigenvalue weighted by molar-refractivity contribution is -0.126. The van der Waals surface area contributed by atoms with Crippen molar-refractivity contribution in [1.82, 2.24) is 0 Å². The van der Waals surface area contributed by atoms with Crippen LogP contribution >= 0.6 is 0 Å². The van der Waals surface area contributed by atoms with E-state index in [1.54, 1.807) is 0 Å². The van der Waals surface area contributed by atoms with Crippen LogP contribution in [0.15, 0.2) is 11.8 Å². The summed E-state index contributed by atoms with van der Waals surface area (Å²) in [6.45, 7) is 14.1. The first-order valence-electron chi connectivity index (χ1n) is 10.2. The molecule has 0 radical (unpaired) electrons. The van der Waals surface area contributed by atoms with Gasteiger partial charge >= 0.3 is 0 Å². The first-order chi connectivity index (χ1) is 11.3. The van der Waals surface area contributed by atoms with E-state index in [4.69, 9.17) is 4.43 Å². The van der Waals surface area contributed by atoms with Gasteiger partial charge in [-0.3, -0.25) is 4.79 Å². The van der Waals surface area contributed by atoms with Crippen molar-refractivity contribution in [3.8, 4) is 0 Å². The Morgan fingerprint density at radius 1 is 0.917 bits per heavy atom. The van der Waals surface area contributed by atoms with Crippen LogP contribution in [0.3, 0.4) is 0 Å². The van der Waals surface area contributed by atoms with Gasteiger partial charge < -0.3 is 4.43 Å². The average Bonchev–Trinajstić information content (AvgIpc) is 2.52. The second-order valence-electron chi connectivity index (χ2n) is 8.93. The van der Waals surface area contributed by atoms with Crippen LogP contribution in [-0.4, -0.2) is 14.1 Å². The Morgan fingerprint density at radius 3 is 2.08 bits per heavy atom. The standard InChI is InChI=1S/C21H38O2Si/c1-15(2)24(16(3)4,17(5)6)23-19-11-9-10-18(14-19)20-12-7-8-13-21(20)22/h14-18,20H,7-13H2,1-6H3/t18-,20?/m0/s1. The van der Waals surface area contributed by atoms with Gasteiger partial charge in [0.15, 0.2) is 0 Å². The van der Waals surface area contributed by atoms with Crippen LogP contribution in [0.25, 0.3) is 0 Å². The minimum atomic E-state index is -1.86. The molecule has 0 aromatic heterocycles. The number of Topliss-reactive ketones (excluding diaryl/α,β-unsaturated/α-hetero) is 1. The van der Waals surface area contributed by atoms with E-state index < -0.39 is 8.32 Å². The van der Waals surface area contributed by atoms with Gasteiger partial charge in [-0.25, -0.2) is 0 Å². The molecular weight excluding hydrogens is 312 g/mol. The smallest absolute Gasteiger partial charge is 0.258 e. The summed E-state index contributed by atoms with van der Waals surface area (Å²) in [5.74, 6) is 2.42. The molecule has 1 unspecified atom stereocenters. The lowest BCUT2D eigenvalue weighted by Crippen LogP contribution is -2.47. The highest BCUT2D eigenvalue weighted by Crippen LogP contribution is 2.45. The van der Waals surface area contributed by atoms with E-state index in [9.17, 15) is 4.79 Å². The largest absolute Gasteiger partial charge is 0.546 e. The summed E-state index contributed by atoms with van der Waals surface area (Å²) in [4.78, 5) is 12.3. The van der Waals surface area contributed by atoms with Gasteiger partial charge in [0.1, 0.15) is 5.78 Å². The summed E-state index contributed by atoms with van der Waals surface area (Å²) in [5.41, 5.74) is 1.82. The van der Waals surface area contributed by atoms with Gasteiger partial charge in [-0.1, -0.05) is 48.0 Å². The van der Waals surface area contributed by atoms with Crippen LogP contribution < -0.4 is 0 Å². The quantitative estimate of drug-likeness (QED) is 0.503. The molecule has 2 aliphatic carbocycles. The van der Waals surface area contributed by atoms with Gasteiger partial charge in [-0.05, 0) is 54.3 Å². The Morgan fingerprint density at radius 2 is 1.54 bits per heavy atom. The fourth-order valence-corrected chi connectivity index (χ4v) is 10.7. The minimum absolute atomic E-state index is 0.269. The fourth-order valence-electron chi connectivity index (χ4n) is 5.36. The predicted molar refractivity (Wildman–Crippen MR) is 105 cm³/mol. The van der Waals surface area contributed by atoms with E-state index in [1.165, 1.54) is 25.0 Å². The monoisotopic (exact) mass is 350 g/mol. The molecule has 1 saturated carbocycles. The van der Waals surface area contributed by atoms with E-state index in [1.807, 2.05) is 0 Å². The first kappa shape index (κ1) is 19.7. The van der Waals surface area contributed by atoms with E-state index in [0.717, 1.165) is 25.7 Å². The molecule has 2 aliphatic rings. The van der Waals surface area contributed by atoms with Crippen molar-refractivity contribution >= 4 is 14.1 Å². The van der Waals surface area contributed by atoms with E-state index in [-0.39, 0.29) is 5.92 Å². The van der Waals surface area contributed by atoms with Gasteiger partial charge in [-0.15, -0.1) is 0 Å². The van der Waals surface area contributed by atoms with Crippen molar-refractivity contribution < 1.29 is 9.22 Å². The van der Waals surface area contributed by atoms with Crippen molar-refractivity contribution in [2.45, 2.75) is 103 Å². The van der Waals surface area contributed by atoms with Gasteiger partial charge in [-0.2, -0.15) is 0 Å². The molecule has 0 saturated heterocycles. The fraction of sp³-hybridized carbons (Fsp3) is 0.857. The van der Waals surface area contributed by atoms with Gasteiger partial charge in [0, 0.05) is 18.8 Å². The lowest BCUT2D eigenvalue weighted by atomic mass is 9.75. The Labute approximate surface area is 150 Å². The van der Waals surface area contributed by atoms with Crippen LogP contribution in [0.4, 0.5) is 0 Å². The van der Waals surface area contributed by atoms with E-state index in [2.05, 4.69) is 47.6 Å². The molecule has 138 valence electrons. The molecule has 0 amide bonds.